The molecule has 1 aliphatic rings. The van der Waals surface area contributed by atoms with Crippen LogP contribution in [0.3, 0.4) is 0 Å². The fraction of sp³-hybridized carbons (Fsp3) is 0.300. The number of aromatic nitrogens is 3. The molecule has 8 heteroatoms. The number of nitriles is 1. The Morgan fingerprint density at radius 3 is 2.82 bits per heavy atom. The van der Waals surface area contributed by atoms with Crippen molar-refractivity contribution in [3.63, 3.8) is 0 Å². The monoisotopic (exact) mass is 392 g/mol. The Morgan fingerprint density at radius 1 is 1.25 bits per heavy atom. The molecule has 0 unspecified atom stereocenters. The van der Waals surface area contributed by atoms with Crippen molar-refractivity contribution in [2.75, 3.05) is 15.8 Å². The van der Waals surface area contributed by atoms with Gasteiger partial charge in [-0.05, 0) is 37.5 Å². The lowest BCUT2D eigenvalue weighted by molar-refractivity contribution is -0.117. The first kappa shape index (κ1) is 18.3. The Kier molecular flexibility index (Phi) is 5.44. The van der Waals surface area contributed by atoms with E-state index in [1.807, 2.05) is 36.5 Å². The van der Waals surface area contributed by atoms with Crippen molar-refractivity contribution in [3.8, 4) is 17.3 Å². The van der Waals surface area contributed by atoms with Gasteiger partial charge in [-0.25, -0.2) is 4.98 Å². The van der Waals surface area contributed by atoms with Crippen molar-refractivity contribution in [3.05, 3.63) is 36.5 Å². The zero-order valence-electron chi connectivity index (χ0n) is 15.2. The summed E-state index contributed by atoms with van der Waals surface area (Å²) in [5.41, 5.74) is 3.43. The highest BCUT2D eigenvalue weighted by atomic mass is 32.2. The highest BCUT2D eigenvalue weighted by Gasteiger charge is 2.30. The predicted octanol–water partition coefficient (Wildman–Crippen LogP) is 4.34. The van der Waals surface area contributed by atoms with E-state index in [-0.39, 0.29) is 11.8 Å². The number of anilines is 2. The molecule has 0 bridgehead atoms. The normalized spacial score (nSPS) is 13.2. The van der Waals surface area contributed by atoms with Crippen LogP contribution in [-0.2, 0) is 4.79 Å². The van der Waals surface area contributed by atoms with E-state index in [0.29, 0.717) is 18.0 Å². The Hall–Kier alpha value is -3.05. The molecular formula is C20H20N6OS. The molecular weight excluding hydrogens is 372 g/mol. The van der Waals surface area contributed by atoms with Gasteiger partial charge in [-0.2, -0.15) is 10.2 Å². The molecule has 2 aromatic heterocycles. The summed E-state index contributed by atoms with van der Waals surface area (Å²) in [5.74, 6) is 1.30. The molecule has 3 N–H and O–H groups in total. The van der Waals surface area contributed by atoms with E-state index in [4.69, 9.17) is 5.26 Å². The molecule has 0 saturated heterocycles. The second kappa shape index (κ2) is 8.31. The van der Waals surface area contributed by atoms with Gasteiger partial charge < -0.3 is 9.71 Å². The van der Waals surface area contributed by atoms with E-state index in [1.165, 1.54) is 0 Å². The Morgan fingerprint density at radius 2 is 2.07 bits per heavy atom. The van der Waals surface area contributed by atoms with Crippen LogP contribution in [-0.4, -0.2) is 26.6 Å². The van der Waals surface area contributed by atoms with E-state index in [2.05, 4.69) is 31.1 Å². The van der Waals surface area contributed by atoms with Crippen molar-refractivity contribution in [1.82, 2.24) is 15.0 Å². The van der Waals surface area contributed by atoms with Gasteiger partial charge in [0.1, 0.15) is 5.65 Å². The number of benzene rings is 1. The molecule has 0 aliphatic heterocycles. The number of nitrogens with one attached hydrogen (secondary N) is 3. The van der Waals surface area contributed by atoms with Crippen molar-refractivity contribution < 1.29 is 4.79 Å². The first-order valence-corrected chi connectivity index (χ1v) is 10.2. The van der Waals surface area contributed by atoms with Crippen LogP contribution in [0, 0.1) is 17.2 Å². The quantitative estimate of drug-likeness (QED) is 0.389. The van der Waals surface area contributed by atoms with Gasteiger partial charge in [-0.3, -0.25) is 10.1 Å². The summed E-state index contributed by atoms with van der Waals surface area (Å²) in [5, 5.41) is 12.3. The minimum atomic E-state index is -0.00942. The summed E-state index contributed by atoms with van der Waals surface area (Å²) in [6.07, 6.45) is 5.14. The van der Waals surface area contributed by atoms with Gasteiger partial charge in [0.25, 0.3) is 0 Å². The van der Waals surface area contributed by atoms with Crippen molar-refractivity contribution in [1.29, 1.82) is 5.26 Å². The first-order chi connectivity index (χ1) is 13.7. The lowest BCUT2D eigenvalue weighted by Gasteiger charge is -2.09. The number of carbonyl (C=O) groups excluding carboxylic acids is 1. The number of aromatic amines is 1. The second-order valence-corrected chi connectivity index (χ2v) is 7.59. The third-order valence-corrected chi connectivity index (χ3v) is 5.36. The van der Waals surface area contributed by atoms with Gasteiger partial charge in [-0.15, -0.1) is 0 Å². The van der Waals surface area contributed by atoms with Crippen LogP contribution in [0.5, 0.6) is 0 Å². The second-order valence-electron chi connectivity index (χ2n) is 6.69. The molecule has 0 spiro atoms. The lowest BCUT2D eigenvalue weighted by atomic mass is 10.1. The van der Waals surface area contributed by atoms with Crippen molar-refractivity contribution in [2.24, 2.45) is 5.92 Å². The molecule has 1 fully saturated rings. The van der Waals surface area contributed by atoms with Crippen LogP contribution in [0.15, 0.2) is 36.5 Å². The highest BCUT2D eigenvalue weighted by molar-refractivity contribution is 8.00. The third kappa shape index (κ3) is 4.26. The lowest BCUT2D eigenvalue weighted by Crippen LogP contribution is -2.15. The van der Waals surface area contributed by atoms with Crippen LogP contribution in [0.1, 0.15) is 25.7 Å². The van der Waals surface area contributed by atoms with E-state index >= 15 is 0 Å². The zero-order chi connectivity index (χ0) is 19.3. The largest absolute Gasteiger partial charge is 0.346 e. The van der Waals surface area contributed by atoms with Crippen LogP contribution in [0.25, 0.3) is 22.3 Å². The van der Waals surface area contributed by atoms with Gasteiger partial charge in [0.15, 0.2) is 0 Å². The fourth-order valence-electron chi connectivity index (χ4n) is 2.83. The maximum atomic E-state index is 12.1. The summed E-state index contributed by atoms with van der Waals surface area (Å²) in [7, 11) is 0. The number of H-pyrrole nitrogens is 1. The first-order valence-electron chi connectivity index (χ1n) is 9.26. The minimum absolute atomic E-state index is 0.00942. The predicted molar refractivity (Wildman–Crippen MR) is 112 cm³/mol. The maximum Gasteiger partial charge on any atom is 0.232 e. The molecule has 0 radical (unpaired) electrons. The van der Waals surface area contributed by atoms with E-state index < -0.39 is 0 Å². The molecule has 0 atom stereocenters. The molecule has 1 saturated carbocycles. The minimum Gasteiger partial charge on any atom is -0.346 e. The summed E-state index contributed by atoms with van der Waals surface area (Å²) in [6, 6.07) is 12.1. The van der Waals surface area contributed by atoms with Gasteiger partial charge >= 0.3 is 0 Å². The van der Waals surface area contributed by atoms with Gasteiger partial charge in [0.05, 0.1) is 11.8 Å². The molecule has 1 aliphatic carbocycles. The van der Waals surface area contributed by atoms with E-state index in [0.717, 1.165) is 47.3 Å². The number of carbonyl (C=O) groups is 1. The van der Waals surface area contributed by atoms with Crippen LogP contribution in [0.4, 0.5) is 11.6 Å². The summed E-state index contributed by atoms with van der Waals surface area (Å²) in [4.78, 5) is 24.2. The van der Waals surface area contributed by atoms with Gasteiger partial charge in [0.2, 0.25) is 11.9 Å². The highest BCUT2D eigenvalue weighted by Crippen LogP contribution is 2.31. The Bertz CT molecular complexity index is 1020. The fourth-order valence-corrected chi connectivity index (χ4v) is 3.52. The Labute approximate surface area is 167 Å². The van der Waals surface area contributed by atoms with Crippen LogP contribution >= 0.6 is 11.9 Å². The maximum absolute atomic E-state index is 12.1. The molecule has 1 amide bonds. The number of fused-ring (bicyclic) bond motifs is 1. The summed E-state index contributed by atoms with van der Waals surface area (Å²) >= 11 is 1.59. The average molecular weight is 392 g/mol. The Balaban J connectivity index is 1.51. The molecule has 142 valence electrons. The standard InChI is InChI=1S/C20H20N6OS/c21-10-1-2-12-28-26-15-7-5-13(6-8-15)17-16-9-11-22-18(16)24-20(23-17)25-19(27)14-3-4-14/h5-9,11,14,26H,1-4,12H2,(H2,22,23,24,25,27). The van der Waals surface area contributed by atoms with Crippen molar-refractivity contribution in [2.45, 2.75) is 25.7 Å². The van der Waals surface area contributed by atoms with Crippen molar-refractivity contribution >= 4 is 40.5 Å². The zero-order valence-corrected chi connectivity index (χ0v) is 16.1. The molecule has 2 heterocycles. The number of nitrogens with zero attached hydrogens (tertiary/aromatic N) is 3. The summed E-state index contributed by atoms with van der Waals surface area (Å²) < 4.78 is 3.28. The van der Waals surface area contributed by atoms with E-state index in [1.54, 1.807) is 11.9 Å². The van der Waals surface area contributed by atoms with Crippen LogP contribution < -0.4 is 10.0 Å². The van der Waals surface area contributed by atoms with E-state index in [9.17, 15) is 4.79 Å². The topological polar surface area (TPSA) is 106 Å². The summed E-state index contributed by atoms with van der Waals surface area (Å²) in [6.45, 7) is 0. The van der Waals surface area contributed by atoms with Gasteiger partial charge in [0, 0.05) is 40.9 Å². The average Bonchev–Trinajstić information content (AvgIpc) is 3.46. The number of unbranched alkanes of at least 4 members (excludes halogenated alkanes) is 1. The van der Waals surface area contributed by atoms with Gasteiger partial charge in [-0.1, -0.05) is 24.1 Å². The number of amides is 1. The number of hydrogen-bond acceptors (Lipinski definition) is 6. The smallest absolute Gasteiger partial charge is 0.232 e. The number of hydrogen-bond donors (Lipinski definition) is 3. The number of rotatable bonds is 8. The molecule has 1 aromatic carbocycles. The SMILES string of the molecule is N#CCCCSNc1ccc(-c2nc(NC(=O)C3CC3)nc3[nH]ccc23)cc1. The molecule has 3 aromatic rings. The third-order valence-electron chi connectivity index (χ3n) is 4.48. The molecule has 28 heavy (non-hydrogen) atoms. The molecule has 4 rings (SSSR count). The van der Waals surface area contributed by atoms with Crippen LogP contribution in [0.2, 0.25) is 0 Å². The molecule has 7 nitrogen and oxygen atoms in total.